The summed E-state index contributed by atoms with van der Waals surface area (Å²) in [4.78, 5) is 0. The number of nitrogens with one attached hydrogen (secondary N) is 1. The Bertz CT molecular complexity index is 575. The lowest BCUT2D eigenvalue weighted by atomic mass is 10.1. The van der Waals surface area contributed by atoms with Gasteiger partial charge in [0.05, 0.1) is 11.3 Å². The minimum absolute atomic E-state index is 0.495. The quantitative estimate of drug-likeness (QED) is 0.882. The van der Waals surface area contributed by atoms with Crippen LogP contribution < -0.4 is 10.1 Å². The summed E-state index contributed by atoms with van der Waals surface area (Å²) in [6.07, 6.45) is 0. The number of aromatic nitrogens is 1. The third-order valence-corrected chi connectivity index (χ3v) is 3.64. The highest BCUT2D eigenvalue weighted by Gasteiger charge is 2.12. The Morgan fingerprint density at radius 1 is 1.14 bits per heavy atom. The molecule has 1 aromatic carbocycles. The van der Waals surface area contributed by atoms with Gasteiger partial charge in [-0.15, -0.1) is 0 Å². The molecule has 2 aromatic rings. The van der Waals surface area contributed by atoms with E-state index in [0.717, 1.165) is 47.0 Å². The van der Waals surface area contributed by atoms with Crippen LogP contribution in [0.1, 0.15) is 40.6 Å². The zero-order valence-corrected chi connectivity index (χ0v) is 13.5. The van der Waals surface area contributed by atoms with Gasteiger partial charge in [0.15, 0.2) is 0 Å². The lowest BCUT2D eigenvalue weighted by Crippen LogP contribution is -2.12. The first kappa shape index (κ1) is 15.6. The predicted octanol–water partition coefficient (Wildman–Crippen LogP) is 3.60. The Balaban J connectivity index is 2.13. The van der Waals surface area contributed by atoms with E-state index in [1.165, 1.54) is 5.56 Å². The zero-order chi connectivity index (χ0) is 15.4. The fourth-order valence-corrected chi connectivity index (χ4v) is 2.49. The summed E-state index contributed by atoms with van der Waals surface area (Å²) in [6.45, 7) is 12.5. The minimum Gasteiger partial charge on any atom is -0.488 e. The van der Waals surface area contributed by atoms with Crippen molar-refractivity contribution in [1.82, 2.24) is 10.5 Å². The smallest absolute Gasteiger partial charge is 0.140 e. The molecule has 114 valence electrons. The van der Waals surface area contributed by atoms with Crippen molar-refractivity contribution in [2.75, 3.05) is 6.54 Å². The van der Waals surface area contributed by atoms with Gasteiger partial charge in [0.1, 0.15) is 18.1 Å². The molecule has 4 nitrogen and oxygen atoms in total. The second-order valence-electron chi connectivity index (χ2n) is 5.43. The molecule has 0 atom stereocenters. The number of rotatable bonds is 6. The molecule has 0 aliphatic carbocycles. The molecule has 1 N–H and O–H groups in total. The molecule has 2 rings (SSSR count). The van der Waals surface area contributed by atoms with Gasteiger partial charge in [0.25, 0.3) is 0 Å². The van der Waals surface area contributed by atoms with Crippen LogP contribution in [0.5, 0.6) is 5.75 Å². The van der Waals surface area contributed by atoms with Crippen molar-refractivity contribution in [3.8, 4) is 5.75 Å². The van der Waals surface area contributed by atoms with Crippen LogP contribution in [-0.2, 0) is 13.2 Å². The number of benzene rings is 1. The third-order valence-electron chi connectivity index (χ3n) is 3.64. The molecule has 0 saturated carbocycles. The van der Waals surface area contributed by atoms with E-state index < -0.39 is 0 Å². The predicted molar refractivity (Wildman–Crippen MR) is 83.6 cm³/mol. The maximum atomic E-state index is 6.01. The summed E-state index contributed by atoms with van der Waals surface area (Å²) in [5.74, 6) is 1.78. The van der Waals surface area contributed by atoms with E-state index in [2.05, 4.69) is 43.4 Å². The monoisotopic (exact) mass is 288 g/mol. The molecule has 21 heavy (non-hydrogen) atoms. The molecule has 0 bridgehead atoms. The lowest BCUT2D eigenvalue weighted by molar-refractivity contribution is 0.297. The Kier molecular flexibility index (Phi) is 5.02. The summed E-state index contributed by atoms with van der Waals surface area (Å²) < 4.78 is 11.2. The van der Waals surface area contributed by atoms with Crippen LogP contribution in [0, 0.1) is 27.7 Å². The van der Waals surface area contributed by atoms with Crippen LogP contribution in [-0.4, -0.2) is 11.7 Å². The van der Waals surface area contributed by atoms with Crippen molar-refractivity contribution in [3.05, 3.63) is 45.8 Å². The van der Waals surface area contributed by atoms with Gasteiger partial charge in [-0.2, -0.15) is 0 Å². The molecular weight excluding hydrogens is 264 g/mol. The van der Waals surface area contributed by atoms with E-state index in [0.29, 0.717) is 6.61 Å². The highest BCUT2D eigenvalue weighted by Crippen LogP contribution is 2.26. The van der Waals surface area contributed by atoms with Gasteiger partial charge in [-0.1, -0.05) is 24.2 Å². The summed E-state index contributed by atoms with van der Waals surface area (Å²) in [5, 5.41) is 7.30. The van der Waals surface area contributed by atoms with Crippen LogP contribution in [0.15, 0.2) is 16.7 Å². The van der Waals surface area contributed by atoms with Crippen molar-refractivity contribution in [2.45, 2.75) is 47.8 Å². The number of hydrogen-bond acceptors (Lipinski definition) is 4. The maximum absolute atomic E-state index is 6.01. The van der Waals surface area contributed by atoms with Gasteiger partial charge in [-0.05, 0) is 50.9 Å². The largest absolute Gasteiger partial charge is 0.488 e. The van der Waals surface area contributed by atoms with Crippen molar-refractivity contribution in [1.29, 1.82) is 0 Å². The zero-order valence-electron chi connectivity index (χ0n) is 13.5. The summed E-state index contributed by atoms with van der Waals surface area (Å²) in [5.41, 5.74) is 5.54. The molecule has 0 amide bonds. The topological polar surface area (TPSA) is 47.3 Å². The van der Waals surface area contributed by atoms with Gasteiger partial charge in [0, 0.05) is 6.54 Å². The normalized spacial score (nSPS) is 10.9. The van der Waals surface area contributed by atoms with Crippen LogP contribution in [0.2, 0.25) is 0 Å². The van der Waals surface area contributed by atoms with E-state index in [9.17, 15) is 0 Å². The molecule has 0 fully saturated rings. The number of hydrogen-bond donors (Lipinski definition) is 1. The fourth-order valence-electron chi connectivity index (χ4n) is 2.49. The Hall–Kier alpha value is -1.81. The van der Waals surface area contributed by atoms with Gasteiger partial charge >= 0.3 is 0 Å². The summed E-state index contributed by atoms with van der Waals surface area (Å²) >= 11 is 0. The molecule has 1 aromatic heterocycles. The molecule has 0 saturated heterocycles. The average molecular weight is 288 g/mol. The van der Waals surface area contributed by atoms with Crippen LogP contribution >= 0.6 is 0 Å². The highest BCUT2D eigenvalue weighted by atomic mass is 16.5. The van der Waals surface area contributed by atoms with Crippen molar-refractivity contribution in [3.63, 3.8) is 0 Å². The second-order valence-corrected chi connectivity index (χ2v) is 5.43. The SMILES string of the molecule is CCNCc1cc(C)c(OCc2c(C)noc2C)c(C)c1. The lowest BCUT2D eigenvalue weighted by Gasteiger charge is -2.14. The molecule has 1 heterocycles. The molecular formula is C17H24N2O2. The first-order valence-corrected chi connectivity index (χ1v) is 7.38. The molecule has 0 aliphatic heterocycles. The van der Waals surface area contributed by atoms with Crippen LogP contribution in [0.25, 0.3) is 0 Å². The van der Waals surface area contributed by atoms with Gasteiger partial charge in [-0.3, -0.25) is 0 Å². The third kappa shape index (κ3) is 3.64. The fraction of sp³-hybridized carbons (Fsp3) is 0.471. The first-order chi connectivity index (χ1) is 10.0. The van der Waals surface area contributed by atoms with E-state index in [4.69, 9.17) is 9.26 Å². The molecule has 0 spiro atoms. The Morgan fingerprint density at radius 3 is 2.33 bits per heavy atom. The maximum Gasteiger partial charge on any atom is 0.140 e. The summed E-state index contributed by atoms with van der Waals surface area (Å²) in [6, 6.07) is 4.36. The number of aryl methyl sites for hydroxylation is 4. The minimum atomic E-state index is 0.495. The first-order valence-electron chi connectivity index (χ1n) is 7.38. The highest BCUT2D eigenvalue weighted by molar-refractivity contribution is 5.43. The standard InChI is InChI=1S/C17H24N2O2/c1-6-18-9-15-7-11(2)17(12(3)8-15)20-10-16-13(4)19-21-14(16)5/h7-8,18H,6,9-10H2,1-5H3. The van der Waals surface area contributed by atoms with Crippen LogP contribution in [0.3, 0.4) is 0 Å². The molecule has 0 aliphatic rings. The van der Waals surface area contributed by atoms with Gasteiger partial charge in [0.2, 0.25) is 0 Å². The molecule has 0 radical (unpaired) electrons. The molecule has 0 unspecified atom stereocenters. The van der Waals surface area contributed by atoms with Crippen molar-refractivity contribution in [2.24, 2.45) is 0 Å². The van der Waals surface area contributed by atoms with Gasteiger partial charge < -0.3 is 14.6 Å². The van der Waals surface area contributed by atoms with E-state index in [-0.39, 0.29) is 0 Å². The van der Waals surface area contributed by atoms with Crippen molar-refractivity contribution >= 4 is 0 Å². The van der Waals surface area contributed by atoms with E-state index in [1.54, 1.807) is 0 Å². The van der Waals surface area contributed by atoms with E-state index >= 15 is 0 Å². The van der Waals surface area contributed by atoms with Crippen molar-refractivity contribution < 1.29 is 9.26 Å². The molecule has 4 heteroatoms. The van der Waals surface area contributed by atoms with E-state index in [1.807, 2.05) is 13.8 Å². The second kappa shape index (κ2) is 6.76. The summed E-state index contributed by atoms with van der Waals surface area (Å²) in [7, 11) is 0. The average Bonchev–Trinajstić information content (AvgIpc) is 2.75. The Labute approximate surface area is 126 Å². The number of nitrogens with zero attached hydrogens (tertiary/aromatic N) is 1. The Morgan fingerprint density at radius 2 is 1.81 bits per heavy atom. The van der Waals surface area contributed by atoms with Gasteiger partial charge in [-0.25, -0.2) is 0 Å². The van der Waals surface area contributed by atoms with Crippen LogP contribution in [0.4, 0.5) is 0 Å². The number of ether oxygens (including phenoxy) is 1.